The van der Waals surface area contributed by atoms with E-state index in [-0.39, 0.29) is 0 Å². The van der Waals surface area contributed by atoms with E-state index in [9.17, 15) is 0 Å². The van der Waals surface area contributed by atoms with Crippen molar-refractivity contribution in [3.63, 3.8) is 0 Å². The molecule has 0 saturated heterocycles. The van der Waals surface area contributed by atoms with E-state index in [1.54, 1.807) is 4.68 Å². The Bertz CT molecular complexity index is 502. The van der Waals surface area contributed by atoms with E-state index < -0.39 is 0 Å². The molecule has 96 valence electrons. The lowest BCUT2D eigenvalue weighted by Gasteiger charge is -2.04. The van der Waals surface area contributed by atoms with Gasteiger partial charge in [0.05, 0.1) is 0 Å². The van der Waals surface area contributed by atoms with E-state index in [2.05, 4.69) is 32.3 Å². The molecule has 0 aliphatic carbocycles. The van der Waals surface area contributed by atoms with E-state index in [1.807, 2.05) is 26.2 Å². The summed E-state index contributed by atoms with van der Waals surface area (Å²) in [5.41, 5.74) is 1.07. The van der Waals surface area contributed by atoms with Crippen molar-refractivity contribution in [3.8, 4) is 5.95 Å². The molecule has 2 aromatic rings. The Morgan fingerprint density at radius 2 is 1.94 bits per heavy atom. The van der Waals surface area contributed by atoms with Gasteiger partial charge in [-0.1, -0.05) is 6.92 Å². The van der Waals surface area contributed by atoms with Crippen molar-refractivity contribution in [3.05, 3.63) is 29.6 Å². The maximum atomic E-state index is 4.31. The Balaban J connectivity index is 2.10. The monoisotopic (exact) mass is 246 g/mol. The fourth-order valence-electron chi connectivity index (χ4n) is 1.67. The topological polar surface area (TPSA) is 68.5 Å². The summed E-state index contributed by atoms with van der Waals surface area (Å²) in [6, 6.07) is 0. The molecule has 1 N–H and O–H groups in total. The van der Waals surface area contributed by atoms with E-state index in [0.29, 0.717) is 5.95 Å². The molecule has 0 fully saturated rings. The zero-order valence-electron chi connectivity index (χ0n) is 11.0. The normalized spacial score (nSPS) is 10.8. The van der Waals surface area contributed by atoms with Crippen LogP contribution >= 0.6 is 0 Å². The molecule has 18 heavy (non-hydrogen) atoms. The van der Waals surface area contributed by atoms with Gasteiger partial charge in [-0.2, -0.15) is 4.68 Å². The summed E-state index contributed by atoms with van der Waals surface area (Å²) in [7, 11) is 0. The van der Waals surface area contributed by atoms with Crippen LogP contribution in [-0.2, 0) is 6.54 Å². The molecule has 0 saturated carbocycles. The second kappa shape index (κ2) is 5.68. The summed E-state index contributed by atoms with van der Waals surface area (Å²) in [6.07, 6.45) is 4.76. The minimum absolute atomic E-state index is 0.562. The van der Waals surface area contributed by atoms with E-state index in [0.717, 1.165) is 36.7 Å². The average Bonchev–Trinajstić information content (AvgIpc) is 2.70. The first-order valence-electron chi connectivity index (χ1n) is 6.13. The maximum absolute atomic E-state index is 4.31. The van der Waals surface area contributed by atoms with E-state index in [1.165, 1.54) is 0 Å². The van der Waals surface area contributed by atoms with Gasteiger partial charge in [0, 0.05) is 24.5 Å². The van der Waals surface area contributed by atoms with Crippen molar-refractivity contribution in [2.45, 2.75) is 33.7 Å². The van der Waals surface area contributed by atoms with Crippen LogP contribution in [0.1, 0.15) is 30.6 Å². The highest BCUT2D eigenvalue weighted by molar-refractivity contribution is 5.15. The van der Waals surface area contributed by atoms with Gasteiger partial charge >= 0.3 is 0 Å². The number of aromatic nitrogens is 5. The summed E-state index contributed by atoms with van der Waals surface area (Å²) >= 11 is 0. The molecule has 0 amide bonds. The Morgan fingerprint density at radius 3 is 2.50 bits per heavy atom. The smallest absolute Gasteiger partial charge is 0.252 e. The second-order valence-corrected chi connectivity index (χ2v) is 4.19. The minimum Gasteiger partial charge on any atom is -0.313 e. The molecule has 0 aliphatic rings. The van der Waals surface area contributed by atoms with Crippen LogP contribution < -0.4 is 5.32 Å². The first kappa shape index (κ1) is 12.6. The number of hydrogen-bond donors (Lipinski definition) is 1. The lowest BCUT2D eigenvalue weighted by Crippen LogP contribution is -2.14. The fourth-order valence-corrected chi connectivity index (χ4v) is 1.67. The number of hydrogen-bond acceptors (Lipinski definition) is 5. The van der Waals surface area contributed by atoms with Gasteiger partial charge in [-0.25, -0.2) is 15.0 Å². The first-order chi connectivity index (χ1) is 8.70. The second-order valence-electron chi connectivity index (χ2n) is 4.19. The number of nitrogens with zero attached hydrogens (tertiary/aromatic N) is 5. The molecule has 0 aromatic carbocycles. The standard InChI is InChI=1S/C12H18N6/c1-4-5-13-6-11-7-14-12(15-8-11)18-10(3)16-9(2)17-18/h7-8,13H,4-6H2,1-3H3. The zero-order chi connectivity index (χ0) is 13.0. The third-order valence-electron chi connectivity index (χ3n) is 2.51. The third kappa shape index (κ3) is 2.89. The van der Waals surface area contributed by atoms with Crippen LogP contribution in [-0.4, -0.2) is 31.3 Å². The van der Waals surface area contributed by atoms with Crippen molar-refractivity contribution in [1.29, 1.82) is 0 Å². The van der Waals surface area contributed by atoms with Crippen molar-refractivity contribution in [2.75, 3.05) is 6.54 Å². The van der Waals surface area contributed by atoms with Gasteiger partial charge in [0.1, 0.15) is 11.6 Å². The minimum atomic E-state index is 0.562. The van der Waals surface area contributed by atoms with Gasteiger partial charge in [0.2, 0.25) is 0 Å². The van der Waals surface area contributed by atoms with Crippen molar-refractivity contribution < 1.29 is 0 Å². The highest BCUT2D eigenvalue weighted by atomic mass is 15.4. The molecular weight excluding hydrogens is 228 g/mol. The van der Waals surface area contributed by atoms with Crippen LogP contribution in [0.3, 0.4) is 0 Å². The summed E-state index contributed by atoms with van der Waals surface area (Å²) in [5, 5.41) is 7.56. The summed E-state index contributed by atoms with van der Waals surface area (Å²) in [6.45, 7) is 7.68. The molecule has 6 nitrogen and oxygen atoms in total. The van der Waals surface area contributed by atoms with E-state index >= 15 is 0 Å². The molecule has 6 heteroatoms. The van der Waals surface area contributed by atoms with Crippen LogP contribution in [0.4, 0.5) is 0 Å². The molecular formula is C12H18N6. The van der Waals surface area contributed by atoms with Crippen LogP contribution in [0.25, 0.3) is 5.95 Å². The Labute approximate surface area is 106 Å². The van der Waals surface area contributed by atoms with Gasteiger partial charge in [0.25, 0.3) is 5.95 Å². The van der Waals surface area contributed by atoms with Crippen LogP contribution in [0.15, 0.2) is 12.4 Å². The maximum Gasteiger partial charge on any atom is 0.252 e. The molecule has 0 atom stereocenters. The lowest BCUT2D eigenvalue weighted by molar-refractivity contribution is 0.669. The molecule has 0 aliphatic heterocycles. The first-order valence-corrected chi connectivity index (χ1v) is 6.13. The number of rotatable bonds is 5. The van der Waals surface area contributed by atoms with Crippen molar-refractivity contribution >= 4 is 0 Å². The van der Waals surface area contributed by atoms with Crippen LogP contribution in [0.5, 0.6) is 0 Å². The quantitative estimate of drug-likeness (QED) is 0.802. The van der Waals surface area contributed by atoms with Crippen LogP contribution in [0, 0.1) is 13.8 Å². The Hall–Kier alpha value is -1.82. The highest BCUT2D eigenvalue weighted by Gasteiger charge is 2.07. The SMILES string of the molecule is CCCNCc1cnc(-n2nc(C)nc2C)nc1. The lowest BCUT2D eigenvalue weighted by atomic mass is 10.3. The average molecular weight is 246 g/mol. The van der Waals surface area contributed by atoms with E-state index in [4.69, 9.17) is 0 Å². The summed E-state index contributed by atoms with van der Waals surface area (Å²) < 4.78 is 1.65. The molecule has 2 rings (SSSR count). The molecule has 0 bridgehead atoms. The molecule has 2 aromatic heterocycles. The largest absolute Gasteiger partial charge is 0.313 e. The predicted octanol–water partition coefficient (Wildman–Crippen LogP) is 1.17. The predicted molar refractivity (Wildman–Crippen MR) is 68.4 cm³/mol. The van der Waals surface area contributed by atoms with Gasteiger partial charge < -0.3 is 5.32 Å². The van der Waals surface area contributed by atoms with Crippen LogP contribution in [0.2, 0.25) is 0 Å². The van der Waals surface area contributed by atoms with Gasteiger partial charge in [-0.3, -0.25) is 0 Å². The molecule has 2 heterocycles. The van der Waals surface area contributed by atoms with Gasteiger partial charge in [0.15, 0.2) is 0 Å². The van der Waals surface area contributed by atoms with Gasteiger partial charge in [-0.05, 0) is 26.8 Å². The molecule has 0 spiro atoms. The molecule has 0 radical (unpaired) electrons. The Kier molecular flexibility index (Phi) is 3.99. The Morgan fingerprint density at radius 1 is 1.22 bits per heavy atom. The van der Waals surface area contributed by atoms with Crippen molar-refractivity contribution in [1.82, 2.24) is 30.0 Å². The highest BCUT2D eigenvalue weighted by Crippen LogP contribution is 2.04. The summed E-state index contributed by atoms with van der Waals surface area (Å²) in [5.74, 6) is 2.08. The van der Waals surface area contributed by atoms with Gasteiger partial charge in [-0.15, -0.1) is 5.10 Å². The number of aryl methyl sites for hydroxylation is 2. The van der Waals surface area contributed by atoms with Crippen molar-refractivity contribution in [2.24, 2.45) is 0 Å². The summed E-state index contributed by atoms with van der Waals surface area (Å²) in [4.78, 5) is 12.9. The third-order valence-corrected chi connectivity index (χ3v) is 2.51. The molecule has 0 unspecified atom stereocenters. The fraction of sp³-hybridized carbons (Fsp3) is 0.500. The zero-order valence-corrected chi connectivity index (χ0v) is 11.0. The number of nitrogens with one attached hydrogen (secondary N) is 1.